The summed E-state index contributed by atoms with van der Waals surface area (Å²) in [7, 11) is 0. The fourth-order valence-corrected chi connectivity index (χ4v) is 2.99. The smallest absolute Gasteiger partial charge is 0.243 e. The average molecular weight is 264 g/mol. The molecule has 94 valence electrons. The van der Waals surface area contributed by atoms with Crippen LogP contribution in [0.15, 0.2) is 28.2 Å². The summed E-state index contributed by atoms with van der Waals surface area (Å²) in [5, 5.41) is 4.16. The molecule has 1 aliphatic carbocycles. The third-order valence-electron chi connectivity index (χ3n) is 3.11. The van der Waals surface area contributed by atoms with E-state index >= 15 is 0 Å². The minimum atomic E-state index is -0.210. The van der Waals surface area contributed by atoms with Gasteiger partial charge >= 0.3 is 0 Å². The average Bonchev–Trinajstić information content (AvgIpc) is 3.21. The number of carbonyl (C=O) groups excluding carboxylic acids is 1. The zero-order valence-electron chi connectivity index (χ0n) is 9.78. The number of nitrogens with one attached hydrogen (secondary N) is 1. The summed E-state index contributed by atoms with van der Waals surface area (Å²) in [5.41, 5.74) is 4.17. The molecule has 5 heteroatoms. The highest BCUT2D eigenvalue weighted by Gasteiger charge is 2.29. The number of carbonyl (C=O) groups is 1. The second-order valence-electron chi connectivity index (χ2n) is 4.52. The summed E-state index contributed by atoms with van der Waals surface area (Å²) in [6, 6.07) is 4.99. The molecule has 0 aromatic heterocycles. The Labute approximate surface area is 109 Å². The lowest BCUT2D eigenvalue weighted by atomic mass is 10.1. The van der Waals surface area contributed by atoms with Crippen molar-refractivity contribution in [3.63, 3.8) is 0 Å². The van der Waals surface area contributed by atoms with Gasteiger partial charge in [0.05, 0.1) is 10.6 Å². The predicted octanol–water partition coefficient (Wildman–Crippen LogP) is 2.55. The molecule has 3 nitrogen and oxygen atoms in total. The maximum absolute atomic E-state index is 13.6. The summed E-state index contributed by atoms with van der Waals surface area (Å²) >= 11 is 1.50. The van der Waals surface area contributed by atoms with E-state index < -0.39 is 0 Å². The number of hydrogen-bond acceptors (Lipinski definition) is 3. The van der Waals surface area contributed by atoms with Gasteiger partial charge in [-0.25, -0.2) is 9.82 Å². The minimum absolute atomic E-state index is 0.0151. The van der Waals surface area contributed by atoms with Gasteiger partial charge in [-0.2, -0.15) is 5.10 Å². The molecule has 0 spiro atoms. The Bertz CT molecular complexity index is 526. The van der Waals surface area contributed by atoms with Crippen molar-refractivity contribution in [2.24, 2.45) is 11.0 Å². The van der Waals surface area contributed by atoms with Crippen LogP contribution in [-0.4, -0.2) is 17.4 Å². The van der Waals surface area contributed by atoms with Crippen LogP contribution >= 0.6 is 11.8 Å². The van der Waals surface area contributed by atoms with Crippen molar-refractivity contribution in [2.45, 2.75) is 24.2 Å². The molecule has 1 N–H and O–H groups in total. The standard InChI is InChI=1S/C13H13FN2OS/c14-10-3-1-2-9-11(6-7-18-12(9)10)15-16-13(17)8-4-5-8/h1-3,8H,4-7H2,(H,16,17). The molecule has 1 fully saturated rings. The van der Waals surface area contributed by atoms with E-state index in [0.29, 0.717) is 4.90 Å². The Morgan fingerprint density at radius 1 is 1.44 bits per heavy atom. The van der Waals surface area contributed by atoms with Gasteiger partial charge in [-0.1, -0.05) is 12.1 Å². The van der Waals surface area contributed by atoms with Crippen LogP contribution in [0.1, 0.15) is 24.8 Å². The number of benzene rings is 1. The first-order valence-electron chi connectivity index (χ1n) is 6.04. The van der Waals surface area contributed by atoms with Crippen molar-refractivity contribution in [1.29, 1.82) is 0 Å². The summed E-state index contributed by atoms with van der Waals surface area (Å²) < 4.78 is 13.6. The van der Waals surface area contributed by atoms with Crippen molar-refractivity contribution in [3.05, 3.63) is 29.6 Å². The van der Waals surface area contributed by atoms with Crippen LogP contribution in [0, 0.1) is 11.7 Å². The maximum Gasteiger partial charge on any atom is 0.243 e. The van der Waals surface area contributed by atoms with E-state index in [1.54, 1.807) is 6.07 Å². The van der Waals surface area contributed by atoms with Gasteiger partial charge in [-0.15, -0.1) is 11.8 Å². The lowest BCUT2D eigenvalue weighted by Crippen LogP contribution is -2.23. The minimum Gasteiger partial charge on any atom is -0.273 e. The van der Waals surface area contributed by atoms with Crippen molar-refractivity contribution in [3.8, 4) is 0 Å². The monoisotopic (exact) mass is 264 g/mol. The van der Waals surface area contributed by atoms with Gasteiger partial charge in [0.25, 0.3) is 0 Å². The molecular formula is C13H13FN2OS. The molecule has 0 bridgehead atoms. The fourth-order valence-electron chi connectivity index (χ4n) is 1.94. The van der Waals surface area contributed by atoms with E-state index in [9.17, 15) is 9.18 Å². The summed E-state index contributed by atoms with van der Waals surface area (Å²) in [5.74, 6) is 0.711. The van der Waals surface area contributed by atoms with Crippen LogP contribution in [0.5, 0.6) is 0 Å². The molecule has 1 heterocycles. The van der Waals surface area contributed by atoms with E-state index in [-0.39, 0.29) is 17.6 Å². The lowest BCUT2D eigenvalue weighted by molar-refractivity contribution is -0.122. The molecule has 0 unspecified atom stereocenters. The van der Waals surface area contributed by atoms with Gasteiger partial charge in [-0.3, -0.25) is 4.79 Å². The molecule has 0 radical (unpaired) electrons. The molecule has 1 aromatic carbocycles. The van der Waals surface area contributed by atoms with Crippen molar-refractivity contribution < 1.29 is 9.18 Å². The number of fused-ring (bicyclic) bond motifs is 1. The molecule has 1 aromatic rings. The van der Waals surface area contributed by atoms with E-state index in [1.165, 1.54) is 17.8 Å². The highest BCUT2D eigenvalue weighted by atomic mass is 32.2. The molecular weight excluding hydrogens is 251 g/mol. The fraction of sp³-hybridized carbons (Fsp3) is 0.385. The topological polar surface area (TPSA) is 41.5 Å². The van der Waals surface area contributed by atoms with Crippen LogP contribution in [0.4, 0.5) is 4.39 Å². The van der Waals surface area contributed by atoms with Crippen molar-refractivity contribution >= 4 is 23.4 Å². The molecule has 2 aliphatic rings. The zero-order chi connectivity index (χ0) is 12.5. The van der Waals surface area contributed by atoms with Crippen LogP contribution in [-0.2, 0) is 4.79 Å². The second kappa shape index (κ2) is 4.72. The quantitative estimate of drug-likeness (QED) is 0.834. The Morgan fingerprint density at radius 3 is 3.06 bits per heavy atom. The van der Waals surface area contributed by atoms with Crippen LogP contribution in [0.25, 0.3) is 0 Å². The van der Waals surface area contributed by atoms with Gasteiger partial charge < -0.3 is 0 Å². The first-order valence-corrected chi connectivity index (χ1v) is 7.02. The summed E-state index contributed by atoms with van der Waals surface area (Å²) in [4.78, 5) is 12.2. The SMILES string of the molecule is O=C(NN=C1CCSc2c(F)cccc21)C1CC1. The largest absolute Gasteiger partial charge is 0.273 e. The normalized spacial score (nSPS) is 20.6. The summed E-state index contributed by atoms with van der Waals surface area (Å²) in [6.07, 6.45) is 2.67. The first kappa shape index (κ1) is 11.7. The van der Waals surface area contributed by atoms with Gasteiger partial charge in [0, 0.05) is 23.7 Å². The Balaban J connectivity index is 1.84. The lowest BCUT2D eigenvalue weighted by Gasteiger charge is -2.17. The van der Waals surface area contributed by atoms with E-state index in [1.807, 2.05) is 6.07 Å². The highest BCUT2D eigenvalue weighted by Crippen LogP contribution is 2.32. The Kier molecular flexibility index (Phi) is 3.07. The first-order chi connectivity index (χ1) is 8.75. The van der Waals surface area contributed by atoms with Crippen LogP contribution < -0.4 is 5.43 Å². The van der Waals surface area contributed by atoms with Gasteiger partial charge in [0.15, 0.2) is 0 Å². The molecule has 1 amide bonds. The van der Waals surface area contributed by atoms with E-state index in [0.717, 1.165) is 36.3 Å². The van der Waals surface area contributed by atoms with Gasteiger partial charge in [0.1, 0.15) is 5.82 Å². The highest BCUT2D eigenvalue weighted by molar-refractivity contribution is 7.99. The zero-order valence-corrected chi connectivity index (χ0v) is 10.6. The molecule has 1 aliphatic heterocycles. The van der Waals surface area contributed by atoms with E-state index in [2.05, 4.69) is 10.5 Å². The maximum atomic E-state index is 13.6. The van der Waals surface area contributed by atoms with Crippen molar-refractivity contribution in [2.75, 3.05) is 5.75 Å². The van der Waals surface area contributed by atoms with E-state index in [4.69, 9.17) is 0 Å². The predicted molar refractivity (Wildman–Crippen MR) is 69.1 cm³/mol. The number of hydrazone groups is 1. The van der Waals surface area contributed by atoms with Crippen LogP contribution in [0.3, 0.4) is 0 Å². The van der Waals surface area contributed by atoms with Gasteiger partial charge in [-0.05, 0) is 18.9 Å². The number of thioether (sulfide) groups is 1. The number of halogens is 1. The Hall–Kier alpha value is -1.36. The summed E-state index contributed by atoms with van der Waals surface area (Å²) in [6.45, 7) is 0. The molecule has 0 saturated heterocycles. The second-order valence-corrected chi connectivity index (χ2v) is 5.63. The van der Waals surface area contributed by atoms with Gasteiger partial charge in [0.2, 0.25) is 5.91 Å². The number of amides is 1. The number of nitrogens with zero attached hydrogens (tertiary/aromatic N) is 1. The Morgan fingerprint density at radius 2 is 2.28 bits per heavy atom. The number of hydrogen-bond donors (Lipinski definition) is 1. The third kappa shape index (κ3) is 2.27. The number of rotatable bonds is 2. The van der Waals surface area contributed by atoms with Crippen molar-refractivity contribution in [1.82, 2.24) is 5.43 Å². The molecule has 0 atom stereocenters. The molecule has 3 rings (SSSR count). The third-order valence-corrected chi connectivity index (χ3v) is 4.22. The van der Waals surface area contributed by atoms with Crippen LogP contribution in [0.2, 0.25) is 0 Å². The molecule has 18 heavy (non-hydrogen) atoms. The molecule has 1 saturated carbocycles.